The molecule has 1 aliphatic carbocycles. The first-order valence-electron chi connectivity index (χ1n) is 8.82. The van der Waals surface area contributed by atoms with E-state index in [2.05, 4.69) is 31.0 Å². The molecule has 2 aromatic heterocycles. The molecule has 0 spiro atoms. The first kappa shape index (κ1) is 15.9. The number of nitrogens with zero attached hydrogens (tertiary/aromatic N) is 2. The van der Waals surface area contributed by atoms with Crippen LogP contribution in [0.1, 0.15) is 77.7 Å². The lowest BCUT2D eigenvalue weighted by Crippen LogP contribution is -2.27. The van der Waals surface area contributed by atoms with Crippen LogP contribution >= 0.6 is 0 Å². The van der Waals surface area contributed by atoms with Crippen molar-refractivity contribution in [3.05, 3.63) is 28.7 Å². The monoisotopic (exact) mass is 342 g/mol. The van der Waals surface area contributed by atoms with Gasteiger partial charge in [-0.25, -0.2) is 0 Å². The molecule has 2 aromatic rings. The summed E-state index contributed by atoms with van der Waals surface area (Å²) >= 11 is 0. The minimum Gasteiger partial charge on any atom is -0.354 e. The standard InChI is InChI=1S/C17H22N6O2/c1-18-17(25)15-13-10(7-12(24)20-16(13)23-22-15)11-8-19-21-14(11)9-5-3-2-4-6-9/h8-10H,2-7H2,1H3,(H,18,25)(H,19,21)(H2,20,22,23,24). The Kier molecular flexibility index (Phi) is 4.03. The van der Waals surface area contributed by atoms with E-state index in [9.17, 15) is 9.59 Å². The van der Waals surface area contributed by atoms with Gasteiger partial charge in [-0.15, -0.1) is 0 Å². The van der Waals surface area contributed by atoms with Gasteiger partial charge in [0, 0.05) is 42.1 Å². The molecule has 0 radical (unpaired) electrons. The van der Waals surface area contributed by atoms with Crippen LogP contribution in [0.3, 0.4) is 0 Å². The highest BCUT2D eigenvalue weighted by Crippen LogP contribution is 2.42. The second kappa shape index (κ2) is 6.34. The molecule has 2 amide bonds. The quantitative estimate of drug-likeness (QED) is 0.683. The summed E-state index contributed by atoms with van der Waals surface area (Å²) in [6, 6.07) is 0. The Morgan fingerprint density at radius 1 is 1.24 bits per heavy atom. The number of aromatic amines is 2. The fourth-order valence-electron chi connectivity index (χ4n) is 4.12. The number of nitrogens with one attached hydrogen (secondary N) is 4. The molecule has 4 rings (SSSR count). The van der Waals surface area contributed by atoms with E-state index in [1.807, 2.05) is 0 Å². The van der Waals surface area contributed by atoms with E-state index >= 15 is 0 Å². The molecule has 8 heteroatoms. The van der Waals surface area contributed by atoms with Crippen LogP contribution < -0.4 is 10.6 Å². The minimum atomic E-state index is -0.238. The first-order valence-corrected chi connectivity index (χ1v) is 8.82. The number of fused-ring (bicyclic) bond motifs is 1. The summed E-state index contributed by atoms with van der Waals surface area (Å²) < 4.78 is 0. The van der Waals surface area contributed by atoms with Crippen molar-refractivity contribution in [2.24, 2.45) is 0 Å². The van der Waals surface area contributed by atoms with Gasteiger partial charge in [0.25, 0.3) is 5.91 Å². The zero-order valence-corrected chi connectivity index (χ0v) is 14.2. The van der Waals surface area contributed by atoms with E-state index < -0.39 is 0 Å². The molecular weight excluding hydrogens is 320 g/mol. The summed E-state index contributed by atoms with van der Waals surface area (Å²) in [5.74, 6) is 0.331. The van der Waals surface area contributed by atoms with E-state index in [-0.39, 0.29) is 24.2 Å². The van der Waals surface area contributed by atoms with Crippen molar-refractivity contribution in [2.45, 2.75) is 50.4 Å². The molecule has 3 heterocycles. The van der Waals surface area contributed by atoms with Crippen molar-refractivity contribution in [3.63, 3.8) is 0 Å². The predicted octanol–water partition coefficient (Wildman–Crippen LogP) is 2.01. The highest BCUT2D eigenvalue weighted by molar-refractivity contribution is 6.00. The van der Waals surface area contributed by atoms with Crippen LogP contribution in [0.5, 0.6) is 0 Å². The van der Waals surface area contributed by atoms with Crippen LogP contribution in [0.25, 0.3) is 0 Å². The van der Waals surface area contributed by atoms with Gasteiger partial charge in [0.05, 0.1) is 6.20 Å². The lowest BCUT2D eigenvalue weighted by molar-refractivity contribution is -0.116. The largest absolute Gasteiger partial charge is 0.354 e. The van der Waals surface area contributed by atoms with E-state index in [0.717, 1.165) is 29.7 Å². The minimum absolute atomic E-state index is 0.0942. The maximum Gasteiger partial charge on any atom is 0.269 e. The van der Waals surface area contributed by atoms with Crippen molar-refractivity contribution in [1.29, 1.82) is 0 Å². The molecule has 0 aromatic carbocycles. The van der Waals surface area contributed by atoms with E-state index in [4.69, 9.17) is 0 Å². The maximum absolute atomic E-state index is 12.2. The molecule has 0 bridgehead atoms. The molecule has 1 fully saturated rings. The van der Waals surface area contributed by atoms with Crippen molar-refractivity contribution in [1.82, 2.24) is 25.7 Å². The number of hydrogen-bond donors (Lipinski definition) is 4. The third-order valence-electron chi connectivity index (χ3n) is 5.34. The van der Waals surface area contributed by atoms with Crippen molar-refractivity contribution < 1.29 is 9.59 Å². The Morgan fingerprint density at radius 3 is 2.80 bits per heavy atom. The molecule has 4 N–H and O–H groups in total. The molecule has 8 nitrogen and oxygen atoms in total. The molecular formula is C17H22N6O2. The van der Waals surface area contributed by atoms with Crippen LogP contribution in [0, 0.1) is 0 Å². The molecule has 1 saturated carbocycles. The Labute approximate surface area is 145 Å². The van der Waals surface area contributed by atoms with Gasteiger partial charge in [-0.3, -0.25) is 19.8 Å². The molecule has 2 aliphatic rings. The van der Waals surface area contributed by atoms with Crippen LogP contribution in [0.2, 0.25) is 0 Å². The fraction of sp³-hybridized carbons (Fsp3) is 0.529. The molecule has 1 unspecified atom stereocenters. The second-order valence-electron chi connectivity index (χ2n) is 6.82. The Bertz CT molecular complexity index is 802. The smallest absolute Gasteiger partial charge is 0.269 e. The van der Waals surface area contributed by atoms with Gasteiger partial charge < -0.3 is 10.6 Å². The number of rotatable bonds is 3. The maximum atomic E-state index is 12.2. The molecule has 1 aliphatic heterocycles. The predicted molar refractivity (Wildman–Crippen MR) is 91.5 cm³/mol. The van der Waals surface area contributed by atoms with E-state index in [0.29, 0.717) is 17.4 Å². The SMILES string of the molecule is CNC(=O)c1[nH]nc2c1C(c1cn[nH]c1C1CCCCC1)CC(=O)N2. The van der Waals surface area contributed by atoms with Gasteiger partial charge in [-0.1, -0.05) is 19.3 Å². The third-order valence-corrected chi connectivity index (χ3v) is 5.34. The van der Waals surface area contributed by atoms with Crippen LogP contribution in [-0.4, -0.2) is 39.3 Å². The number of aromatic nitrogens is 4. The topological polar surface area (TPSA) is 116 Å². The van der Waals surface area contributed by atoms with Crippen LogP contribution in [-0.2, 0) is 4.79 Å². The van der Waals surface area contributed by atoms with E-state index in [1.165, 1.54) is 19.3 Å². The normalized spacial score (nSPS) is 20.8. The Hall–Kier alpha value is -2.64. The number of H-pyrrole nitrogens is 2. The summed E-state index contributed by atoms with van der Waals surface area (Å²) in [6.45, 7) is 0. The van der Waals surface area contributed by atoms with E-state index in [1.54, 1.807) is 13.2 Å². The molecule has 0 saturated heterocycles. The molecule has 25 heavy (non-hydrogen) atoms. The molecule has 1 atom stereocenters. The van der Waals surface area contributed by atoms with Gasteiger partial charge in [0.2, 0.25) is 5.91 Å². The Balaban J connectivity index is 1.77. The lowest BCUT2D eigenvalue weighted by Gasteiger charge is -2.26. The highest BCUT2D eigenvalue weighted by atomic mass is 16.2. The summed E-state index contributed by atoms with van der Waals surface area (Å²) in [4.78, 5) is 24.4. The van der Waals surface area contributed by atoms with Gasteiger partial charge in [-0.05, 0) is 12.8 Å². The Morgan fingerprint density at radius 2 is 2.04 bits per heavy atom. The van der Waals surface area contributed by atoms with Gasteiger partial charge in [-0.2, -0.15) is 10.2 Å². The summed E-state index contributed by atoms with van der Waals surface area (Å²) in [5.41, 5.74) is 3.26. The fourth-order valence-corrected chi connectivity index (χ4v) is 4.12. The van der Waals surface area contributed by atoms with Crippen molar-refractivity contribution in [2.75, 3.05) is 12.4 Å². The first-order chi connectivity index (χ1) is 12.2. The van der Waals surface area contributed by atoms with Gasteiger partial charge in [0.1, 0.15) is 5.69 Å². The zero-order valence-electron chi connectivity index (χ0n) is 14.2. The summed E-state index contributed by atoms with van der Waals surface area (Å²) in [7, 11) is 1.58. The third kappa shape index (κ3) is 2.71. The van der Waals surface area contributed by atoms with Crippen molar-refractivity contribution >= 4 is 17.6 Å². The van der Waals surface area contributed by atoms with Gasteiger partial charge >= 0.3 is 0 Å². The number of carbonyl (C=O) groups excluding carboxylic acids is 2. The van der Waals surface area contributed by atoms with Gasteiger partial charge in [0.15, 0.2) is 5.82 Å². The average molecular weight is 342 g/mol. The number of anilines is 1. The summed E-state index contributed by atoms with van der Waals surface area (Å²) in [6.07, 6.45) is 8.07. The number of amides is 2. The lowest BCUT2D eigenvalue weighted by atomic mass is 9.79. The average Bonchev–Trinajstić information content (AvgIpc) is 3.28. The van der Waals surface area contributed by atoms with Crippen LogP contribution in [0.15, 0.2) is 6.20 Å². The second-order valence-corrected chi connectivity index (χ2v) is 6.82. The van der Waals surface area contributed by atoms with Crippen LogP contribution in [0.4, 0.5) is 5.82 Å². The van der Waals surface area contributed by atoms with Crippen molar-refractivity contribution in [3.8, 4) is 0 Å². The highest BCUT2D eigenvalue weighted by Gasteiger charge is 2.36. The zero-order chi connectivity index (χ0) is 17.4. The summed E-state index contributed by atoms with van der Waals surface area (Å²) in [5, 5.41) is 19.7. The number of hydrogen-bond acceptors (Lipinski definition) is 4. The number of carbonyl (C=O) groups is 2. The molecule has 132 valence electrons.